The number of halogens is 1. The number of hydrogen-bond donors (Lipinski definition) is 0. The van der Waals surface area contributed by atoms with E-state index >= 15 is 0 Å². The Bertz CT molecular complexity index is 1080. The fraction of sp³-hybridized carbons (Fsp3) is 0.346. The monoisotopic (exact) mass is 403 g/mol. The third-order valence-corrected chi connectivity index (χ3v) is 6.42. The third kappa shape index (κ3) is 3.15. The molecule has 1 saturated heterocycles. The summed E-state index contributed by atoms with van der Waals surface area (Å²) in [6.45, 7) is 5.24. The molecule has 0 N–H and O–H groups in total. The highest BCUT2D eigenvalue weighted by molar-refractivity contribution is 5.87. The zero-order valence-corrected chi connectivity index (χ0v) is 17.4. The molecule has 1 aromatic heterocycles. The lowest BCUT2D eigenvalue weighted by atomic mass is 9.84. The number of carbonyl (C=O) groups excluding carboxylic acids is 1. The number of fused-ring (bicyclic) bond motifs is 4. The summed E-state index contributed by atoms with van der Waals surface area (Å²) < 4.78 is 21.7. The standard InChI is InChI=1S/C26H26FNO2/c1-16(2)23-24(17-6-4-3-5-7-17)25(18-8-10-20(27)11-9-18)28-13-12-21-14-19(26(23)28)15-22(29)30-21/h3-11,16,19,21H,12-15H2,1-2H3/t19-,21-/m0/s1. The Morgan fingerprint density at radius 2 is 1.77 bits per heavy atom. The molecule has 0 aliphatic carbocycles. The minimum atomic E-state index is -0.235. The molecular weight excluding hydrogens is 377 g/mol. The topological polar surface area (TPSA) is 31.2 Å². The van der Waals surface area contributed by atoms with E-state index in [9.17, 15) is 9.18 Å². The Morgan fingerprint density at radius 3 is 2.47 bits per heavy atom. The summed E-state index contributed by atoms with van der Waals surface area (Å²) in [6.07, 6.45) is 2.10. The molecule has 30 heavy (non-hydrogen) atoms. The lowest BCUT2D eigenvalue weighted by molar-refractivity contribution is -0.154. The molecule has 2 aliphatic rings. The highest BCUT2D eigenvalue weighted by Gasteiger charge is 2.38. The van der Waals surface area contributed by atoms with E-state index < -0.39 is 0 Å². The largest absolute Gasteiger partial charge is 0.462 e. The van der Waals surface area contributed by atoms with Gasteiger partial charge in [0.25, 0.3) is 0 Å². The van der Waals surface area contributed by atoms with Crippen molar-refractivity contribution in [1.82, 2.24) is 4.57 Å². The second-order valence-corrected chi connectivity index (χ2v) is 8.74. The number of esters is 1. The van der Waals surface area contributed by atoms with Gasteiger partial charge in [-0.3, -0.25) is 4.79 Å². The van der Waals surface area contributed by atoms with Gasteiger partial charge in [0, 0.05) is 30.1 Å². The number of hydrogen-bond acceptors (Lipinski definition) is 2. The van der Waals surface area contributed by atoms with E-state index in [4.69, 9.17) is 4.74 Å². The van der Waals surface area contributed by atoms with Crippen molar-refractivity contribution in [2.75, 3.05) is 0 Å². The predicted molar refractivity (Wildman–Crippen MR) is 116 cm³/mol. The molecule has 2 aromatic carbocycles. The molecule has 5 rings (SSSR count). The average molecular weight is 403 g/mol. The maximum absolute atomic E-state index is 13.7. The van der Waals surface area contributed by atoms with Gasteiger partial charge in [-0.15, -0.1) is 0 Å². The summed E-state index contributed by atoms with van der Waals surface area (Å²) in [5, 5.41) is 0. The Labute approximate surface area is 176 Å². The average Bonchev–Trinajstić information content (AvgIpc) is 3.02. The van der Waals surface area contributed by atoms with Gasteiger partial charge in [0.05, 0.1) is 12.1 Å². The summed E-state index contributed by atoms with van der Waals surface area (Å²) in [4.78, 5) is 12.3. The van der Waals surface area contributed by atoms with Crippen molar-refractivity contribution < 1.29 is 13.9 Å². The van der Waals surface area contributed by atoms with Crippen molar-refractivity contribution >= 4 is 5.97 Å². The van der Waals surface area contributed by atoms with Crippen molar-refractivity contribution in [2.45, 2.75) is 57.6 Å². The van der Waals surface area contributed by atoms with Crippen LogP contribution < -0.4 is 0 Å². The van der Waals surface area contributed by atoms with Crippen LogP contribution in [0.15, 0.2) is 54.6 Å². The highest BCUT2D eigenvalue weighted by atomic mass is 19.1. The Kier molecular flexibility index (Phi) is 4.73. The van der Waals surface area contributed by atoms with E-state index in [0.29, 0.717) is 12.3 Å². The van der Waals surface area contributed by atoms with Crippen LogP contribution in [0.3, 0.4) is 0 Å². The summed E-state index contributed by atoms with van der Waals surface area (Å²) >= 11 is 0. The van der Waals surface area contributed by atoms with Crippen LogP contribution in [0.1, 0.15) is 56.2 Å². The van der Waals surface area contributed by atoms with Crippen LogP contribution in [0, 0.1) is 5.82 Å². The second kappa shape index (κ2) is 7.42. The molecule has 0 spiro atoms. The summed E-state index contributed by atoms with van der Waals surface area (Å²) in [6, 6.07) is 17.2. The molecule has 0 radical (unpaired) electrons. The van der Waals surface area contributed by atoms with Crippen LogP contribution >= 0.6 is 0 Å². The molecule has 0 unspecified atom stereocenters. The second-order valence-electron chi connectivity index (χ2n) is 8.74. The molecule has 3 nitrogen and oxygen atoms in total. The molecule has 0 amide bonds. The molecule has 0 saturated carbocycles. The molecule has 154 valence electrons. The molecule has 2 bridgehead atoms. The van der Waals surface area contributed by atoms with Gasteiger partial charge in [0.1, 0.15) is 11.9 Å². The number of rotatable bonds is 3. The maximum atomic E-state index is 13.7. The summed E-state index contributed by atoms with van der Waals surface area (Å²) in [5.74, 6) is 0.129. The Morgan fingerprint density at radius 1 is 1.03 bits per heavy atom. The van der Waals surface area contributed by atoms with Crippen molar-refractivity contribution in [2.24, 2.45) is 0 Å². The molecule has 2 atom stereocenters. The van der Waals surface area contributed by atoms with Crippen molar-refractivity contribution in [3.05, 3.63) is 71.7 Å². The van der Waals surface area contributed by atoms with Crippen molar-refractivity contribution in [3.8, 4) is 22.4 Å². The fourth-order valence-electron chi connectivity index (χ4n) is 5.26. The molecule has 1 fully saturated rings. The molecule has 2 aliphatic heterocycles. The molecule has 4 heteroatoms. The van der Waals surface area contributed by atoms with Gasteiger partial charge in [0.2, 0.25) is 0 Å². The minimum absolute atomic E-state index is 0.0163. The van der Waals surface area contributed by atoms with Crippen LogP contribution in [0.25, 0.3) is 22.4 Å². The first-order valence-electron chi connectivity index (χ1n) is 10.8. The van der Waals surface area contributed by atoms with Gasteiger partial charge in [-0.2, -0.15) is 0 Å². The van der Waals surface area contributed by atoms with E-state index in [1.165, 1.54) is 29.0 Å². The van der Waals surface area contributed by atoms with E-state index in [2.05, 4.69) is 42.7 Å². The van der Waals surface area contributed by atoms with Gasteiger partial charge >= 0.3 is 5.97 Å². The zero-order valence-electron chi connectivity index (χ0n) is 17.4. The van der Waals surface area contributed by atoms with Crippen molar-refractivity contribution in [1.29, 1.82) is 0 Å². The predicted octanol–water partition coefficient (Wildman–Crippen LogP) is 6.28. The molecule has 3 aromatic rings. The number of benzene rings is 2. The molecule has 3 heterocycles. The smallest absolute Gasteiger partial charge is 0.306 e. The van der Waals surface area contributed by atoms with Crippen LogP contribution in [0.4, 0.5) is 4.39 Å². The first kappa shape index (κ1) is 19.1. The quantitative estimate of drug-likeness (QED) is 0.482. The first-order valence-corrected chi connectivity index (χ1v) is 10.8. The first-order chi connectivity index (χ1) is 14.5. The van der Waals surface area contributed by atoms with E-state index in [-0.39, 0.29) is 23.8 Å². The van der Waals surface area contributed by atoms with Crippen LogP contribution in [-0.4, -0.2) is 16.6 Å². The molecular formula is C26H26FNO2. The summed E-state index contributed by atoms with van der Waals surface area (Å²) in [7, 11) is 0. The lowest BCUT2D eigenvalue weighted by Gasteiger charge is -2.27. The summed E-state index contributed by atoms with van der Waals surface area (Å²) in [5.41, 5.74) is 7.08. The highest BCUT2D eigenvalue weighted by Crippen LogP contribution is 2.49. The van der Waals surface area contributed by atoms with Crippen LogP contribution in [-0.2, 0) is 16.1 Å². The maximum Gasteiger partial charge on any atom is 0.306 e. The minimum Gasteiger partial charge on any atom is -0.462 e. The van der Waals surface area contributed by atoms with Crippen LogP contribution in [0.5, 0.6) is 0 Å². The number of ether oxygens (including phenoxy) is 1. The fourth-order valence-corrected chi connectivity index (χ4v) is 5.26. The van der Waals surface area contributed by atoms with Gasteiger partial charge in [-0.1, -0.05) is 44.2 Å². The van der Waals surface area contributed by atoms with Gasteiger partial charge in [-0.25, -0.2) is 4.39 Å². The Hall–Kier alpha value is -2.88. The number of nitrogens with zero attached hydrogens (tertiary/aromatic N) is 1. The number of carbonyl (C=O) groups is 1. The number of aromatic nitrogens is 1. The van der Waals surface area contributed by atoms with Crippen LogP contribution in [0.2, 0.25) is 0 Å². The Balaban J connectivity index is 1.84. The van der Waals surface area contributed by atoms with Crippen molar-refractivity contribution in [3.63, 3.8) is 0 Å². The SMILES string of the molecule is CC(C)c1c(-c2ccccc2)c(-c2ccc(F)cc2)n2c1[C@@H]1CC(=O)O[C@@H](CC2)C1. The zero-order chi connectivity index (χ0) is 20.8. The van der Waals surface area contributed by atoms with Gasteiger partial charge in [-0.05, 0) is 53.3 Å². The van der Waals surface area contributed by atoms with E-state index in [1.807, 2.05) is 18.2 Å². The van der Waals surface area contributed by atoms with Gasteiger partial charge in [0.15, 0.2) is 0 Å². The lowest BCUT2D eigenvalue weighted by Crippen LogP contribution is -2.27. The van der Waals surface area contributed by atoms with Gasteiger partial charge < -0.3 is 9.30 Å². The normalized spacial score (nSPS) is 20.6. The third-order valence-electron chi connectivity index (χ3n) is 6.42. The van der Waals surface area contributed by atoms with E-state index in [0.717, 1.165) is 36.2 Å². The van der Waals surface area contributed by atoms with E-state index in [1.54, 1.807) is 0 Å².